The Bertz CT molecular complexity index is 85.4. The second kappa shape index (κ2) is 1.68. The first kappa shape index (κ1) is 6.72. The number of hydrogen-bond acceptors (Lipinski definition) is 2. The van der Waals surface area contributed by atoms with E-state index in [4.69, 9.17) is 17.3 Å². The molecule has 7 heavy (non-hydrogen) atoms. The molecule has 0 bridgehead atoms. The van der Waals surface area contributed by atoms with Crippen molar-refractivity contribution in [1.29, 1.82) is 0 Å². The largest absolute Gasteiger partial charge is 0.367 e. The summed E-state index contributed by atoms with van der Waals surface area (Å²) >= 11 is 5.17. The molecule has 4 N–H and O–H groups in total. The van der Waals surface area contributed by atoms with Gasteiger partial charge in [-0.3, -0.25) is 4.79 Å². The van der Waals surface area contributed by atoms with Gasteiger partial charge in [-0.25, -0.2) is 0 Å². The minimum Gasteiger partial charge on any atom is -0.367 e. The quantitative estimate of drug-likeness (QED) is 0.360. The fraction of sp³-hybridized carbons (Fsp3) is 0.667. The summed E-state index contributed by atoms with van der Waals surface area (Å²) in [6.45, 7) is 1.33. The maximum atomic E-state index is 9.99. The summed E-state index contributed by atoms with van der Waals surface area (Å²) in [6.07, 6.45) is 0. The summed E-state index contributed by atoms with van der Waals surface area (Å²) in [7, 11) is 0. The van der Waals surface area contributed by atoms with E-state index in [1.807, 2.05) is 0 Å². The predicted molar refractivity (Wildman–Crippen MR) is 27.6 cm³/mol. The molecule has 0 aliphatic carbocycles. The minimum absolute atomic E-state index is 0.714. The Morgan fingerprint density at radius 1 is 1.86 bits per heavy atom. The lowest BCUT2D eigenvalue weighted by atomic mass is 10.3. The fourth-order valence-corrected chi connectivity index (χ4v) is 0. The van der Waals surface area contributed by atoms with Crippen LogP contribution in [0, 0.1) is 0 Å². The van der Waals surface area contributed by atoms with Crippen LogP contribution in [0.1, 0.15) is 6.92 Å². The Balaban J connectivity index is 3.79. The van der Waals surface area contributed by atoms with Crippen LogP contribution >= 0.6 is 11.6 Å². The molecule has 0 fully saturated rings. The molecule has 0 aliphatic heterocycles. The van der Waals surface area contributed by atoms with Crippen molar-refractivity contribution in [3.63, 3.8) is 0 Å². The first-order chi connectivity index (χ1) is 2.94. The Labute approximate surface area is 46.6 Å². The third-order valence-electron chi connectivity index (χ3n) is 0.482. The molecule has 0 aliphatic rings. The summed E-state index contributed by atoms with van der Waals surface area (Å²) in [5.41, 5.74) is 9.64. The fourth-order valence-electron chi connectivity index (χ4n) is 0. The highest BCUT2D eigenvalue weighted by Crippen LogP contribution is 2.01. The molecule has 0 aromatic heterocycles. The van der Waals surface area contributed by atoms with E-state index < -0.39 is 10.9 Å². The lowest BCUT2D eigenvalue weighted by molar-refractivity contribution is -0.120. The van der Waals surface area contributed by atoms with Crippen LogP contribution in [0.5, 0.6) is 0 Å². The van der Waals surface area contributed by atoms with E-state index >= 15 is 0 Å². The van der Waals surface area contributed by atoms with Gasteiger partial charge in [0.2, 0.25) is 0 Å². The maximum Gasteiger partial charge on any atom is 0.252 e. The number of halogens is 1. The molecule has 1 atom stereocenters. The van der Waals surface area contributed by atoms with E-state index in [1.165, 1.54) is 6.92 Å². The van der Waals surface area contributed by atoms with Gasteiger partial charge in [-0.1, -0.05) is 11.6 Å². The molecule has 0 spiro atoms. The molecule has 0 aromatic rings. The second-order valence-corrected chi connectivity index (χ2v) is 2.23. The molecule has 0 rings (SSSR count). The van der Waals surface area contributed by atoms with E-state index in [1.54, 1.807) is 0 Å². The molecule has 0 aromatic carbocycles. The minimum atomic E-state index is -1.39. The molecule has 3 nitrogen and oxygen atoms in total. The zero-order chi connectivity index (χ0) is 6.08. The molecule has 1 amide bonds. The van der Waals surface area contributed by atoms with Crippen molar-refractivity contribution in [2.75, 3.05) is 0 Å². The van der Waals surface area contributed by atoms with Gasteiger partial charge in [0.25, 0.3) is 5.91 Å². The number of amides is 1. The van der Waals surface area contributed by atoms with Gasteiger partial charge in [-0.15, -0.1) is 0 Å². The van der Waals surface area contributed by atoms with E-state index in [0.717, 1.165) is 0 Å². The third kappa shape index (κ3) is 2.42. The highest BCUT2D eigenvalue weighted by atomic mass is 35.5. The average molecular weight is 123 g/mol. The molecule has 0 saturated carbocycles. The van der Waals surface area contributed by atoms with Crippen LogP contribution in [0.3, 0.4) is 0 Å². The second-order valence-electron chi connectivity index (χ2n) is 1.44. The number of carbonyl (C=O) groups excluding carboxylic acids is 1. The van der Waals surface area contributed by atoms with Gasteiger partial charge in [0.05, 0.1) is 0 Å². The SMILES string of the molecule is C[C@@](N)(Cl)C(N)=O. The summed E-state index contributed by atoms with van der Waals surface area (Å²) in [4.78, 5) is 8.60. The van der Waals surface area contributed by atoms with Gasteiger partial charge in [0, 0.05) is 0 Å². The maximum absolute atomic E-state index is 9.99. The van der Waals surface area contributed by atoms with Crippen LogP contribution in [0.15, 0.2) is 0 Å². The molecular weight excluding hydrogens is 115 g/mol. The van der Waals surface area contributed by atoms with Crippen molar-refractivity contribution in [2.24, 2.45) is 11.5 Å². The van der Waals surface area contributed by atoms with Crippen LogP contribution < -0.4 is 11.5 Å². The smallest absolute Gasteiger partial charge is 0.252 e. The first-order valence-corrected chi connectivity index (χ1v) is 2.10. The summed E-state index contributed by atoms with van der Waals surface area (Å²) < 4.78 is 0. The van der Waals surface area contributed by atoms with Crippen LogP contribution in [0.2, 0.25) is 0 Å². The Morgan fingerprint density at radius 3 is 2.00 bits per heavy atom. The van der Waals surface area contributed by atoms with E-state index in [-0.39, 0.29) is 0 Å². The molecular formula is C3H7ClN2O. The number of carbonyl (C=O) groups is 1. The molecule has 0 heterocycles. The van der Waals surface area contributed by atoms with E-state index in [9.17, 15) is 4.79 Å². The van der Waals surface area contributed by atoms with Crippen molar-refractivity contribution in [2.45, 2.75) is 11.9 Å². The Kier molecular flexibility index (Phi) is 1.61. The summed E-state index contributed by atoms with van der Waals surface area (Å²) in [5.74, 6) is -0.714. The van der Waals surface area contributed by atoms with E-state index in [0.29, 0.717) is 0 Å². The zero-order valence-corrected chi connectivity index (χ0v) is 4.70. The predicted octanol–water partition coefficient (Wildman–Crippen LogP) is -0.615. The molecule has 4 heteroatoms. The molecule has 0 unspecified atom stereocenters. The van der Waals surface area contributed by atoms with Gasteiger partial charge in [-0.05, 0) is 6.92 Å². The monoisotopic (exact) mass is 122 g/mol. The van der Waals surface area contributed by atoms with E-state index in [2.05, 4.69) is 5.73 Å². The zero-order valence-electron chi connectivity index (χ0n) is 3.94. The van der Waals surface area contributed by atoms with Crippen LogP contribution in [-0.4, -0.2) is 10.9 Å². The van der Waals surface area contributed by atoms with Crippen LogP contribution in [-0.2, 0) is 4.79 Å². The van der Waals surface area contributed by atoms with Crippen LogP contribution in [0.25, 0.3) is 0 Å². The van der Waals surface area contributed by atoms with Gasteiger partial charge in [-0.2, -0.15) is 0 Å². The van der Waals surface area contributed by atoms with Crippen molar-refractivity contribution in [3.8, 4) is 0 Å². The highest BCUT2D eigenvalue weighted by molar-refractivity contribution is 6.33. The molecule has 42 valence electrons. The van der Waals surface area contributed by atoms with Gasteiger partial charge in [0.1, 0.15) is 0 Å². The third-order valence-corrected chi connectivity index (χ3v) is 0.668. The number of rotatable bonds is 1. The summed E-state index contributed by atoms with van der Waals surface area (Å²) in [6, 6.07) is 0. The Morgan fingerprint density at radius 2 is 2.00 bits per heavy atom. The lowest BCUT2D eigenvalue weighted by Crippen LogP contribution is -2.43. The average Bonchev–Trinajstić information content (AvgIpc) is 1.31. The van der Waals surface area contributed by atoms with Crippen molar-refractivity contribution in [1.82, 2.24) is 0 Å². The number of alkyl halides is 1. The van der Waals surface area contributed by atoms with Crippen LogP contribution in [0.4, 0.5) is 0 Å². The Hall–Kier alpha value is -0.280. The normalized spacial score (nSPS) is 18.1. The first-order valence-electron chi connectivity index (χ1n) is 1.72. The standard InChI is InChI=1S/C3H7ClN2O/c1-3(4,6)2(5)7/h6H2,1H3,(H2,5,7)/t3-/m0/s1. The lowest BCUT2D eigenvalue weighted by Gasteiger charge is -2.07. The number of primary amides is 1. The van der Waals surface area contributed by atoms with Crippen molar-refractivity contribution < 1.29 is 4.79 Å². The topological polar surface area (TPSA) is 69.1 Å². The van der Waals surface area contributed by atoms with Gasteiger partial charge < -0.3 is 11.5 Å². The van der Waals surface area contributed by atoms with Gasteiger partial charge in [0.15, 0.2) is 5.00 Å². The van der Waals surface area contributed by atoms with Crippen molar-refractivity contribution in [3.05, 3.63) is 0 Å². The number of nitrogens with two attached hydrogens (primary N) is 2. The molecule has 0 radical (unpaired) electrons. The van der Waals surface area contributed by atoms with Crippen molar-refractivity contribution >= 4 is 17.5 Å². The van der Waals surface area contributed by atoms with Gasteiger partial charge >= 0.3 is 0 Å². The molecule has 0 saturated heterocycles. The summed E-state index contributed by atoms with van der Waals surface area (Å²) in [5, 5.41) is 0. The highest BCUT2D eigenvalue weighted by Gasteiger charge is 2.20. The number of hydrogen-bond donors (Lipinski definition) is 2.